The number of amides is 2. The highest BCUT2D eigenvalue weighted by atomic mass is 16.7. The number of benzene rings is 1. The molecule has 0 spiro atoms. The minimum Gasteiger partial charge on any atom is -0.457 e. The largest absolute Gasteiger partial charge is 0.457 e. The van der Waals surface area contributed by atoms with E-state index in [0.717, 1.165) is 46.0 Å². The number of ether oxygens (including phenoxy) is 1. The number of piperidine rings is 1. The number of anilines is 2. The van der Waals surface area contributed by atoms with Gasteiger partial charge in [-0.05, 0) is 67.1 Å². The van der Waals surface area contributed by atoms with Crippen molar-refractivity contribution in [3.8, 4) is 11.5 Å². The number of pyridine rings is 1. The molecular formula is C30H29N9O5. The number of hydroxylamine groups is 2. The molecule has 4 aromatic heterocycles. The van der Waals surface area contributed by atoms with Crippen molar-refractivity contribution in [3.63, 3.8) is 0 Å². The number of aryl methyl sites for hydroxylation is 1. The van der Waals surface area contributed by atoms with E-state index in [9.17, 15) is 14.4 Å². The Kier molecular flexibility index (Phi) is 6.80. The number of carbonyl (C=O) groups excluding carboxylic acids is 3. The lowest BCUT2D eigenvalue weighted by Crippen LogP contribution is -2.61. The number of β-lactam (4-membered cyclic amide) rings is 1. The molecule has 2 aliphatic rings. The third-order valence-electron chi connectivity index (χ3n) is 8.06. The number of aromatic nitrogens is 6. The fraction of sp³-hybridized carbons (Fsp3) is 0.300. The first-order valence-corrected chi connectivity index (χ1v) is 14.3. The molecule has 1 N–H and O–H groups in total. The van der Waals surface area contributed by atoms with Crippen LogP contribution < -0.4 is 10.1 Å². The topological polar surface area (TPSA) is 149 Å². The van der Waals surface area contributed by atoms with Crippen LogP contribution in [-0.2, 0) is 19.2 Å². The minimum atomic E-state index is -0.750. The smallest absolute Gasteiger partial charge is 0.329 e. The van der Waals surface area contributed by atoms with E-state index in [4.69, 9.17) is 9.57 Å². The van der Waals surface area contributed by atoms with Crippen molar-refractivity contribution in [1.29, 1.82) is 0 Å². The quantitative estimate of drug-likeness (QED) is 0.278. The summed E-state index contributed by atoms with van der Waals surface area (Å²) >= 11 is 0. The van der Waals surface area contributed by atoms with E-state index in [1.54, 1.807) is 15.6 Å². The van der Waals surface area contributed by atoms with Crippen LogP contribution in [0.3, 0.4) is 0 Å². The number of fused-ring (bicyclic) bond motifs is 2. The molecule has 1 unspecified atom stereocenters. The second-order valence-corrected chi connectivity index (χ2v) is 10.9. The van der Waals surface area contributed by atoms with Gasteiger partial charge in [0.25, 0.3) is 5.91 Å². The fourth-order valence-electron chi connectivity index (χ4n) is 5.83. The average molecular weight is 596 g/mol. The second kappa shape index (κ2) is 10.9. The monoisotopic (exact) mass is 595 g/mol. The van der Waals surface area contributed by atoms with Crippen molar-refractivity contribution >= 4 is 40.5 Å². The molecular weight excluding hydrogens is 566 g/mol. The van der Waals surface area contributed by atoms with Gasteiger partial charge in [0.2, 0.25) is 5.91 Å². The number of nitrogens with one attached hydrogen (secondary N) is 1. The predicted molar refractivity (Wildman–Crippen MR) is 156 cm³/mol. The maximum Gasteiger partial charge on any atom is 0.329 e. The summed E-state index contributed by atoms with van der Waals surface area (Å²) in [6.07, 6.45) is 8.25. The highest BCUT2D eigenvalue weighted by molar-refractivity contribution is 5.97. The molecule has 0 bridgehead atoms. The van der Waals surface area contributed by atoms with Crippen LogP contribution in [0, 0.1) is 6.92 Å². The van der Waals surface area contributed by atoms with Crippen molar-refractivity contribution in [2.75, 3.05) is 18.4 Å². The molecule has 2 aliphatic heterocycles. The molecule has 0 radical (unpaired) electrons. The molecule has 1 aromatic carbocycles. The lowest BCUT2D eigenvalue weighted by atomic mass is 9.89. The molecule has 0 aliphatic carbocycles. The maximum absolute atomic E-state index is 13.1. The van der Waals surface area contributed by atoms with Crippen LogP contribution in [0.5, 0.6) is 11.5 Å². The van der Waals surface area contributed by atoms with Crippen LogP contribution in [0.25, 0.3) is 11.2 Å². The van der Waals surface area contributed by atoms with Gasteiger partial charge in [0.1, 0.15) is 29.7 Å². The van der Waals surface area contributed by atoms with E-state index < -0.39 is 12.0 Å². The van der Waals surface area contributed by atoms with Gasteiger partial charge in [-0.1, -0.05) is 0 Å². The third-order valence-corrected chi connectivity index (χ3v) is 8.06. The number of carbonyl (C=O) groups is 3. The summed E-state index contributed by atoms with van der Waals surface area (Å²) in [7, 11) is 0. The summed E-state index contributed by atoms with van der Waals surface area (Å²) in [6.45, 7) is 4.25. The van der Waals surface area contributed by atoms with E-state index in [1.165, 1.54) is 19.6 Å². The molecule has 5 aromatic rings. The molecule has 2 saturated heterocycles. The Morgan fingerprint density at radius 3 is 2.52 bits per heavy atom. The maximum atomic E-state index is 13.1. The van der Waals surface area contributed by atoms with Gasteiger partial charge in [0.05, 0.1) is 6.42 Å². The van der Waals surface area contributed by atoms with Crippen LogP contribution in [0.2, 0.25) is 0 Å². The zero-order chi connectivity index (χ0) is 30.4. The molecule has 14 nitrogen and oxygen atoms in total. The Bertz CT molecular complexity index is 1910. The van der Waals surface area contributed by atoms with Gasteiger partial charge in [0.15, 0.2) is 17.5 Å². The van der Waals surface area contributed by atoms with Crippen molar-refractivity contribution in [2.24, 2.45) is 0 Å². The van der Waals surface area contributed by atoms with Gasteiger partial charge in [-0.2, -0.15) is 15.3 Å². The van der Waals surface area contributed by atoms with Crippen molar-refractivity contribution in [2.45, 2.75) is 45.1 Å². The Morgan fingerprint density at radius 2 is 1.75 bits per heavy atom. The van der Waals surface area contributed by atoms with Gasteiger partial charge in [0, 0.05) is 44.2 Å². The highest BCUT2D eigenvalue weighted by Crippen LogP contribution is 2.36. The van der Waals surface area contributed by atoms with Crippen molar-refractivity contribution in [1.82, 2.24) is 39.2 Å². The van der Waals surface area contributed by atoms with E-state index in [0.29, 0.717) is 30.3 Å². The fourth-order valence-corrected chi connectivity index (χ4v) is 5.83. The van der Waals surface area contributed by atoms with Gasteiger partial charge < -0.3 is 19.8 Å². The molecule has 2 amide bonds. The van der Waals surface area contributed by atoms with Crippen LogP contribution in [0.4, 0.5) is 11.5 Å². The third kappa shape index (κ3) is 5.03. The van der Waals surface area contributed by atoms with Gasteiger partial charge in [-0.3, -0.25) is 14.4 Å². The molecule has 44 heavy (non-hydrogen) atoms. The predicted octanol–water partition coefficient (Wildman–Crippen LogP) is 3.40. The second-order valence-electron chi connectivity index (χ2n) is 10.9. The van der Waals surface area contributed by atoms with Crippen LogP contribution >= 0.6 is 0 Å². The van der Waals surface area contributed by atoms with Crippen molar-refractivity contribution < 1.29 is 24.0 Å². The van der Waals surface area contributed by atoms with E-state index in [-0.39, 0.29) is 24.2 Å². The minimum absolute atomic E-state index is 0.0496. The van der Waals surface area contributed by atoms with Crippen LogP contribution in [0.1, 0.15) is 43.2 Å². The van der Waals surface area contributed by atoms with Crippen LogP contribution in [-0.4, -0.2) is 76.1 Å². The SMILES string of the molecule is CC(=O)ON1C(=O)CC1C(=O)N1CCC(c2ccn3ncnc(Nc4ccc(Oc5ccn6ncnc6c5)c(C)c4)c23)CC1. The summed E-state index contributed by atoms with van der Waals surface area (Å²) in [5.41, 5.74) is 4.47. The molecule has 2 fully saturated rings. The van der Waals surface area contributed by atoms with Gasteiger partial charge in [-0.15, -0.1) is 0 Å². The first-order valence-electron chi connectivity index (χ1n) is 14.3. The number of hydrogen-bond donors (Lipinski definition) is 1. The summed E-state index contributed by atoms with van der Waals surface area (Å²) in [5, 5.41) is 12.9. The first-order chi connectivity index (χ1) is 21.3. The number of likely N-dealkylation sites (tertiary alicyclic amines) is 1. The van der Waals surface area contributed by atoms with E-state index in [2.05, 4.69) is 31.5 Å². The zero-order valence-electron chi connectivity index (χ0n) is 24.1. The Morgan fingerprint density at radius 1 is 0.977 bits per heavy atom. The van der Waals surface area contributed by atoms with E-state index in [1.807, 2.05) is 48.0 Å². The molecule has 0 saturated carbocycles. The standard InChI is InChI=1S/C30H29N9O5/c1-18-13-21(3-4-25(18)43-22-7-11-37-26(14-22)31-16-33-37)35-29-28-23(8-12-38(28)34-17-32-29)20-5-9-36(10-6-20)30(42)24-15-27(41)39(24)44-19(2)40/h3-4,7-8,11-14,16-17,20,24H,5-6,9-10,15H2,1-2H3,(H,32,34,35). The molecule has 6 heterocycles. The lowest BCUT2D eigenvalue weighted by Gasteiger charge is -2.41. The number of rotatable bonds is 7. The Hall–Kier alpha value is -5.53. The Labute approximate surface area is 251 Å². The zero-order valence-corrected chi connectivity index (χ0v) is 24.1. The Balaban J connectivity index is 1.05. The molecule has 14 heteroatoms. The summed E-state index contributed by atoms with van der Waals surface area (Å²) in [5.74, 6) is 1.06. The first kappa shape index (κ1) is 27.3. The molecule has 224 valence electrons. The normalized spacial score (nSPS) is 17.1. The summed E-state index contributed by atoms with van der Waals surface area (Å²) < 4.78 is 9.60. The summed E-state index contributed by atoms with van der Waals surface area (Å²) in [4.78, 5) is 51.7. The number of nitrogens with zero attached hydrogens (tertiary/aromatic N) is 8. The number of hydrogen-bond acceptors (Lipinski definition) is 10. The van der Waals surface area contributed by atoms with Crippen molar-refractivity contribution in [3.05, 3.63) is 72.6 Å². The van der Waals surface area contributed by atoms with E-state index >= 15 is 0 Å². The van der Waals surface area contributed by atoms with Gasteiger partial charge >= 0.3 is 5.97 Å². The van der Waals surface area contributed by atoms with Gasteiger partial charge in [-0.25, -0.2) is 19.0 Å². The molecule has 7 rings (SSSR count). The summed E-state index contributed by atoms with van der Waals surface area (Å²) in [6, 6.07) is 10.8. The average Bonchev–Trinajstić information content (AvgIpc) is 3.67. The van der Waals surface area contributed by atoms with Crippen LogP contribution in [0.15, 0.2) is 61.4 Å². The molecule has 1 atom stereocenters. The lowest BCUT2D eigenvalue weighted by molar-refractivity contribution is -0.226. The highest BCUT2D eigenvalue weighted by Gasteiger charge is 2.46.